The molecule has 1 aliphatic carbocycles. The molecule has 1 amide bonds. The van der Waals surface area contributed by atoms with Crippen molar-refractivity contribution in [1.82, 2.24) is 24.3 Å². The molecule has 9 heteroatoms. The van der Waals surface area contributed by atoms with E-state index < -0.39 is 0 Å². The van der Waals surface area contributed by atoms with Gasteiger partial charge in [-0.2, -0.15) is 0 Å². The van der Waals surface area contributed by atoms with E-state index in [1.54, 1.807) is 13.2 Å². The molecule has 0 spiro atoms. The molecule has 3 heterocycles. The number of anilines is 1. The highest BCUT2D eigenvalue weighted by Gasteiger charge is 2.33. The number of nitrogen functional groups attached to an aromatic ring is 1. The largest absolute Gasteiger partial charge is 0.482 e. The number of fused-ring (bicyclic) bond motifs is 1. The van der Waals surface area contributed by atoms with Crippen LogP contribution in [0.25, 0.3) is 22.2 Å². The molecular formula is C31H34N6O3. The van der Waals surface area contributed by atoms with Gasteiger partial charge in [0.2, 0.25) is 11.8 Å². The van der Waals surface area contributed by atoms with E-state index >= 15 is 0 Å². The van der Waals surface area contributed by atoms with Crippen molar-refractivity contribution in [3.63, 3.8) is 0 Å². The van der Waals surface area contributed by atoms with Gasteiger partial charge in [0, 0.05) is 31.8 Å². The van der Waals surface area contributed by atoms with Crippen molar-refractivity contribution in [2.24, 2.45) is 0 Å². The third kappa shape index (κ3) is 5.12. The maximum absolute atomic E-state index is 13.0. The van der Waals surface area contributed by atoms with Crippen molar-refractivity contribution < 1.29 is 14.3 Å². The number of aromatic nitrogens is 3. The van der Waals surface area contributed by atoms with Gasteiger partial charge in [-0.05, 0) is 56.1 Å². The molecule has 0 radical (unpaired) electrons. The van der Waals surface area contributed by atoms with E-state index in [1.807, 2.05) is 65.6 Å². The number of hydrogen-bond acceptors (Lipinski definition) is 7. The van der Waals surface area contributed by atoms with Crippen molar-refractivity contribution in [3.8, 4) is 28.5 Å². The average molecular weight is 539 g/mol. The Bertz CT molecular complexity index is 1530. The van der Waals surface area contributed by atoms with Crippen molar-refractivity contribution >= 4 is 22.8 Å². The minimum atomic E-state index is -0.00678. The summed E-state index contributed by atoms with van der Waals surface area (Å²) >= 11 is 0. The van der Waals surface area contributed by atoms with Crippen LogP contribution in [0.4, 0.5) is 5.82 Å². The molecule has 1 saturated carbocycles. The summed E-state index contributed by atoms with van der Waals surface area (Å²) in [5.41, 5.74) is 8.86. The van der Waals surface area contributed by atoms with Crippen molar-refractivity contribution in [1.29, 1.82) is 0 Å². The van der Waals surface area contributed by atoms with Crippen molar-refractivity contribution in [2.45, 2.75) is 31.3 Å². The van der Waals surface area contributed by atoms with Gasteiger partial charge in [-0.3, -0.25) is 14.3 Å². The number of methoxy groups -OCH3 is 1. The number of ether oxygens (including phenoxy) is 2. The van der Waals surface area contributed by atoms with Crippen LogP contribution in [0.15, 0.2) is 73.1 Å². The molecular weight excluding hydrogens is 504 g/mol. The summed E-state index contributed by atoms with van der Waals surface area (Å²) in [6.45, 7) is 2.02. The molecule has 2 N–H and O–H groups in total. The predicted molar refractivity (Wildman–Crippen MR) is 155 cm³/mol. The second kappa shape index (κ2) is 11.0. The first-order valence-electron chi connectivity index (χ1n) is 13.7. The molecule has 2 aromatic carbocycles. The lowest BCUT2D eigenvalue weighted by molar-refractivity contribution is -0.125. The predicted octanol–water partition coefficient (Wildman–Crippen LogP) is 4.91. The Morgan fingerprint density at radius 3 is 2.55 bits per heavy atom. The van der Waals surface area contributed by atoms with Crippen LogP contribution >= 0.6 is 0 Å². The molecule has 2 fully saturated rings. The first kappa shape index (κ1) is 25.9. The number of carbonyl (C=O) groups is 1. The van der Waals surface area contributed by atoms with Crippen molar-refractivity contribution in [3.05, 3.63) is 73.1 Å². The first-order valence-corrected chi connectivity index (χ1v) is 13.7. The maximum atomic E-state index is 13.0. The number of hydrogen-bond donors (Lipinski definition) is 1. The van der Waals surface area contributed by atoms with E-state index in [-0.39, 0.29) is 11.9 Å². The highest BCUT2D eigenvalue weighted by atomic mass is 16.5. The van der Waals surface area contributed by atoms with E-state index in [0.717, 1.165) is 41.0 Å². The highest BCUT2D eigenvalue weighted by Crippen LogP contribution is 2.45. The second-order valence-electron chi connectivity index (χ2n) is 10.5. The maximum Gasteiger partial charge on any atom is 0.246 e. The molecule has 2 aromatic heterocycles. The summed E-state index contributed by atoms with van der Waals surface area (Å²) in [4.78, 5) is 26.1. The molecule has 2 aliphatic rings. The molecule has 1 atom stereocenters. The summed E-state index contributed by atoms with van der Waals surface area (Å²) < 4.78 is 14.1. The number of carbonyl (C=O) groups excluding carboxylic acids is 1. The Kier molecular flexibility index (Phi) is 7.13. The molecule has 1 aliphatic heterocycles. The van der Waals surface area contributed by atoms with E-state index in [1.165, 1.54) is 19.2 Å². The molecule has 9 nitrogen and oxygen atoms in total. The number of nitrogens with zero attached hydrogens (tertiary/aromatic N) is 5. The van der Waals surface area contributed by atoms with Gasteiger partial charge in [0.25, 0.3) is 0 Å². The van der Waals surface area contributed by atoms with Gasteiger partial charge in [-0.15, -0.1) is 0 Å². The molecule has 0 bridgehead atoms. The summed E-state index contributed by atoms with van der Waals surface area (Å²) in [5.74, 6) is 2.57. The van der Waals surface area contributed by atoms with Crippen LogP contribution in [0.3, 0.4) is 0 Å². The zero-order valence-corrected chi connectivity index (χ0v) is 22.9. The van der Waals surface area contributed by atoms with Crippen LogP contribution in [0.2, 0.25) is 0 Å². The van der Waals surface area contributed by atoms with Gasteiger partial charge in [0.1, 0.15) is 29.3 Å². The van der Waals surface area contributed by atoms with Gasteiger partial charge in [0.05, 0.1) is 24.1 Å². The molecule has 6 rings (SSSR count). The number of rotatable bonds is 9. The van der Waals surface area contributed by atoms with Gasteiger partial charge < -0.3 is 20.1 Å². The number of nitrogens with two attached hydrogens (primary N) is 1. The Morgan fingerprint density at radius 2 is 1.82 bits per heavy atom. The lowest BCUT2D eigenvalue weighted by atomic mass is 10.1. The lowest BCUT2D eigenvalue weighted by Crippen LogP contribution is -2.28. The lowest BCUT2D eigenvalue weighted by Gasteiger charge is -2.18. The second-order valence-corrected chi connectivity index (χ2v) is 10.5. The zero-order chi connectivity index (χ0) is 27.6. The van der Waals surface area contributed by atoms with E-state index in [2.05, 4.69) is 26.5 Å². The van der Waals surface area contributed by atoms with Gasteiger partial charge in [0.15, 0.2) is 0 Å². The number of likely N-dealkylation sites (N-methyl/N-ethyl adjacent to an activating group) is 1. The number of likely N-dealkylation sites (tertiary alicyclic amines) is 1. The average Bonchev–Trinajstić information content (AvgIpc) is 3.61. The minimum absolute atomic E-state index is 0.00678. The van der Waals surface area contributed by atoms with Crippen LogP contribution < -0.4 is 15.2 Å². The van der Waals surface area contributed by atoms with Gasteiger partial charge >= 0.3 is 0 Å². The van der Waals surface area contributed by atoms with Crippen LogP contribution in [0.5, 0.6) is 17.4 Å². The quantitative estimate of drug-likeness (QED) is 0.303. The Hall–Kier alpha value is -4.37. The van der Waals surface area contributed by atoms with Gasteiger partial charge in [-0.25, -0.2) is 9.97 Å². The third-order valence-corrected chi connectivity index (χ3v) is 7.75. The fourth-order valence-electron chi connectivity index (χ4n) is 5.50. The van der Waals surface area contributed by atoms with E-state index in [0.29, 0.717) is 36.5 Å². The smallest absolute Gasteiger partial charge is 0.246 e. The SMILES string of the molecule is COc1c(-c2ccc(Oc3ccccc3)cc2)c2c(N)ncnc2n1[C@@H]1CCN(C(=O)C=CCN(C)C2CC2)C1. The Labute approximate surface area is 233 Å². The van der Waals surface area contributed by atoms with Crippen LogP contribution in [0, 0.1) is 0 Å². The number of para-hydroxylation sites is 1. The minimum Gasteiger partial charge on any atom is -0.482 e. The summed E-state index contributed by atoms with van der Waals surface area (Å²) in [6.07, 6.45) is 8.44. The van der Waals surface area contributed by atoms with Crippen LogP contribution in [0.1, 0.15) is 25.3 Å². The topological polar surface area (TPSA) is 98.7 Å². The number of benzene rings is 2. The molecule has 206 valence electrons. The molecule has 1 saturated heterocycles. The summed E-state index contributed by atoms with van der Waals surface area (Å²) in [6, 6.07) is 18.1. The Morgan fingerprint density at radius 1 is 1.07 bits per heavy atom. The Balaban J connectivity index is 1.28. The molecule has 4 aromatic rings. The fraction of sp³-hybridized carbons (Fsp3) is 0.323. The van der Waals surface area contributed by atoms with E-state index in [4.69, 9.17) is 15.2 Å². The fourth-order valence-corrected chi connectivity index (χ4v) is 5.50. The van der Waals surface area contributed by atoms with Gasteiger partial charge in [-0.1, -0.05) is 36.4 Å². The summed E-state index contributed by atoms with van der Waals surface area (Å²) in [7, 11) is 3.76. The highest BCUT2D eigenvalue weighted by molar-refractivity contribution is 6.04. The number of amides is 1. The van der Waals surface area contributed by atoms with Crippen LogP contribution in [-0.4, -0.2) is 70.1 Å². The molecule has 40 heavy (non-hydrogen) atoms. The van der Waals surface area contributed by atoms with Crippen molar-refractivity contribution in [2.75, 3.05) is 39.5 Å². The summed E-state index contributed by atoms with van der Waals surface area (Å²) in [5, 5.41) is 0.740. The standard InChI is InChI=1S/C31H34N6O3/c1-35(22-12-13-22)17-6-9-26(38)36-18-16-23(19-36)37-30-28(29(32)33-20-34-30)27(31(37)39-2)21-10-14-25(15-11-21)40-24-7-4-3-5-8-24/h3-11,14-15,20,22-23H,12-13,16-19H2,1-2H3,(H2,32,33,34)/t23-/m1/s1. The normalized spacial score (nSPS) is 17.3. The third-order valence-electron chi connectivity index (χ3n) is 7.75. The van der Waals surface area contributed by atoms with Crippen LogP contribution in [-0.2, 0) is 4.79 Å². The molecule has 0 unspecified atom stereocenters. The van der Waals surface area contributed by atoms with E-state index in [9.17, 15) is 4.79 Å². The monoisotopic (exact) mass is 538 g/mol. The first-order chi connectivity index (χ1) is 19.5. The zero-order valence-electron chi connectivity index (χ0n) is 22.9.